The third-order valence-electron chi connectivity index (χ3n) is 3.54. The van der Waals surface area contributed by atoms with E-state index >= 15 is 0 Å². The molecule has 0 aromatic heterocycles. The van der Waals surface area contributed by atoms with Gasteiger partial charge in [-0.25, -0.2) is 8.42 Å². The lowest BCUT2D eigenvalue weighted by molar-refractivity contribution is -0.125. The van der Waals surface area contributed by atoms with Gasteiger partial charge in [-0.2, -0.15) is 4.31 Å². The lowest BCUT2D eigenvalue weighted by Gasteiger charge is -2.31. The number of benzene rings is 1. The summed E-state index contributed by atoms with van der Waals surface area (Å²) in [6.07, 6.45) is 1.44. The van der Waals surface area contributed by atoms with Crippen LogP contribution in [0.3, 0.4) is 0 Å². The van der Waals surface area contributed by atoms with Gasteiger partial charge in [0, 0.05) is 24.1 Å². The quantitative estimate of drug-likeness (QED) is 0.875. The minimum atomic E-state index is -3.54. The minimum Gasteiger partial charge on any atom is -0.356 e. The second-order valence-corrected chi connectivity index (χ2v) is 7.91. The summed E-state index contributed by atoms with van der Waals surface area (Å²) in [4.78, 5) is 12.2. The normalized spacial score (nSPS) is 20.2. The van der Waals surface area contributed by atoms with Crippen LogP contribution in [-0.4, -0.2) is 38.3 Å². The molecule has 21 heavy (non-hydrogen) atoms. The van der Waals surface area contributed by atoms with E-state index in [9.17, 15) is 13.2 Å². The largest absolute Gasteiger partial charge is 0.356 e. The van der Waals surface area contributed by atoms with Crippen LogP contribution in [0.4, 0.5) is 0 Å². The van der Waals surface area contributed by atoms with Crippen LogP contribution in [0.15, 0.2) is 33.6 Å². The van der Waals surface area contributed by atoms with Crippen LogP contribution < -0.4 is 5.32 Å². The maximum atomic E-state index is 12.6. The fourth-order valence-electron chi connectivity index (χ4n) is 2.47. The van der Waals surface area contributed by atoms with E-state index in [2.05, 4.69) is 21.2 Å². The van der Waals surface area contributed by atoms with Crippen molar-refractivity contribution in [3.8, 4) is 0 Å². The number of hydrogen-bond acceptors (Lipinski definition) is 3. The highest BCUT2D eigenvalue weighted by molar-refractivity contribution is 9.10. The molecule has 1 N–H and O–H groups in total. The summed E-state index contributed by atoms with van der Waals surface area (Å²) in [5, 5.41) is 2.77. The van der Waals surface area contributed by atoms with Crippen LogP contribution in [0.5, 0.6) is 0 Å². The molecule has 1 amide bonds. The first-order chi connectivity index (χ1) is 9.95. The number of piperidine rings is 1. The average Bonchev–Trinajstić information content (AvgIpc) is 2.47. The van der Waals surface area contributed by atoms with Gasteiger partial charge in [0.2, 0.25) is 15.9 Å². The monoisotopic (exact) mass is 374 g/mol. The van der Waals surface area contributed by atoms with Crippen molar-refractivity contribution in [3.05, 3.63) is 28.7 Å². The Morgan fingerprint density at radius 1 is 1.48 bits per heavy atom. The number of rotatable bonds is 4. The Labute approximate surface area is 133 Å². The number of nitrogens with one attached hydrogen (secondary N) is 1. The number of hydrogen-bond donors (Lipinski definition) is 1. The van der Waals surface area contributed by atoms with Gasteiger partial charge in [0.25, 0.3) is 0 Å². The Hall–Kier alpha value is -0.920. The Bertz CT molecular complexity index is 618. The molecule has 1 aliphatic heterocycles. The van der Waals surface area contributed by atoms with E-state index in [4.69, 9.17) is 0 Å². The molecule has 0 radical (unpaired) electrons. The van der Waals surface area contributed by atoms with E-state index in [1.54, 1.807) is 24.3 Å². The summed E-state index contributed by atoms with van der Waals surface area (Å²) in [5.41, 5.74) is 0. The highest BCUT2D eigenvalue weighted by Gasteiger charge is 2.33. The first kappa shape index (κ1) is 16.5. The number of carbonyl (C=O) groups is 1. The molecular weight excluding hydrogens is 356 g/mol. The van der Waals surface area contributed by atoms with Crippen molar-refractivity contribution in [2.75, 3.05) is 19.6 Å². The molecule has 0 aliphatic carbocycles. The number of carbonyl (C=O) groups excluding carboxylic acids is 1. The lowest BCUT2D eigenvalue weighted by Crippen LogP contribution is -2.45. The molecule has 1 atom stereocenters. The predicted molar refractivity (Wildman–Crippen MR) is 84.3 cm³/mol. The zero-order valence-corrected chi connectivity index (χ0v) is 14.3. The molecule has 1 unspecified atom stereocenters. The molecule has 0 spiro atoms. The van der Waals surface area contributed by atoms with Crippen molar-refractivity contribution < 1.29 is 13.2 Å². The third kappa shape index (κ3) is 3.84. The molecule has 7 heteroatoms. The summed E-state index contributed by atoms with van der Waals surface area (Å²) in [6, 6.07) is 6.65. The summed E-state index contributed by atoms with van der Waals surface area (Å²) in [7, 11) is -3.54. The van der Waals surface area contributed by atoms with Gasteiger partial charge < -0.3 is 5.32 Å². The van der Waals surface area contributed by atoms with Gasteiger partial charge in [0.15, 0.2) is 0 Å². The topological polar surface area (TPSA) is 66.5 Å². The fraction of sp³-hybridized carbons (Fsp3) is 0.500. The predicted octanol–water partition coefficient (Wildman–Crippen LogP) is 1.99. The Morgan fingerprint density at radius 2 is 2.24 bits per heavy atom. The van der Waals surface area contributed by atoms with E-state index in [-0.39, 0.29) is 23.3 Å². The van der Waals surface area contributed by atoms with Crippen LogP contribution >= 0.6 is 15.9 Å². The van der Waals surface area contributed by atoms with Gasteiger partial charge in [0.1, 0.15) is 0 Å². The second-order valence-electron chi connectivity index (χ2n) is 5.05. The van der Waals surface area contributed by atoms with Gasteiger partial charge in [-0.3, -0.25) is 4.79 Å². The van der Waals surface area contributed by atoms with Crippen LogP contribution in [0.25, 0.3) is 0 Å². The Morgan fingerprint density at radius 3 is 2.90 bits per heavy atom. The maximum absolute atomic E-state index is 12.6. The molecule has 1 heterocycles. The molecule has 2 rings (SSSR count). The molecule has 0 saturated carbocycles. The molecule has 1 aliphatic rings. The van der Waals surface area contributed by atoms with E-state index in [0.29, 0.717) is 19.5 Å². The van der Waals surface area contributed by atoms with Gasteiger partial charge in [-0.05, 0) is 38.0 Å². The molecular formula is C14H19BrN2O3S. The second kappa shape index (κ2) is 6.89. The van der Waals surface area contributed by atoms with Crippen LogP contribution in [0.1, 0.15) is 19.8 Å². The number of amides is 1. The molecule has 1 saturated heterocycles. The van der Waals surface area contributed by atoms with E-state index in [1.807, 2.05) is 6.92 Å². The van der Waals surface area contributed by atoms with Crippen molar-refractivity contribution in [1.29, 1.82) is 0 Å². The first-order valence-electron chi connectivity index (χ1n) is 6.98. The van der Waals surface area contributed by atoms with Crippen LogP contribution in [0, 0.1) is 5.92 Å². The maximum Gasteiger partial charge on any atom is 0.243 e. The van der Waals surface area contributed by atoms with Crippen LogP contribution in [0.2, 0.25) is 0 Å². The van der Waals surface area contributed by atoms with E-state index in [1.165, 1.54) is 4.31 Å². The SMILES string of the molecule is CCNC(=O)C1CCCN(S(=O)(=O)c2cccc(Br)c2)C1. The third-order valence-corrected chi connectivity index (χ3v) is 5.89. The Balaban J connectivity index is 2.18. The first-order valence-corrected chi connectivity index (χ1v) is 9.22. The molecule has 116 valence electrons. The number of nitrogens with zero attached hydrogens (tertiary/aromatic N) is 1. The molecule has 1 aromatic rings. The van der Waals surface area contributed by atoms with E-state index < -0.39 is 10.0 Å². The standard InChI is InChI=1S/C14H19BrN2O3S/c1-2-16-14(18)11-5-4-8-17(10-11)21(19,20)13-7-3-6-12(15)9-13/h3,6-7,9,11H,2,4-5,8,10H2,1H3,(H,16,18). The zero-order chi connectivity index (χ0) is 15.5. The smallest absolute Gasteiger partial charge is 0.243 e. The van der Waals surface area contributed by atoms with Crippen molar-refractivity contribution in [2.45, 2.75) is 24.7 Å². The summed E-state index contributed by atoms with van der Waals surface area (Å²) < 4.78 is 27.4. The fourth-order valence-corrected chi connectivity index (χ4v) is 4.59. The molecule has 1 aromatic carbocycles. The van der Waals surface area contributed by atoms with E-state index in [0.717, 1.165) is 10.9 Å². The van der Waals surface area contributed by atoms with Crippen molar-refractivity contribution in [1.82, 2.24) is 9.62 Å². The van der Waals surface area contributed by atoms with Crippen molar-refractivity contribution in [3.63, 3.8) is 0 Å². The van der Waals surface area contributed by atoms with Gasteiger partial charge >= 0.3 is 0 Å². The highest BCUT2D eigenvalue weighted by Crippen LogP contribution is 2.25. The molecule has 1 fully saturated rings. The van der Waals surface area contributed by atoms with Gasteiger partial charge in [-0.1, -0.05) is 22.0 Å². The van der Waals surface area contributed by atoms with Crippen molar-refractivity contribution in [2.24, 2.45) is 5.92 Å². The minimum absolute atomic E-state index is 0.0633. The molecule has 5 nitrogen and oxygen atoms in total. The van der Waals surface area contributed by atoms with Crippen LogP contribution in [-0.2, 0) is 14.8 Å². The van der Waals surface area contributed by atoms with Gasteiger partial charge in [0.05, 0.1) is 10.8 Å². The summed E-state index contributed by atoms with van der Waals surface area (Å²) >= 11 is 3.29. The van der Waals surface area contributed by atoms with Gasteiger partial charge in [-0.15, -0.1) is 0 Å². The number of sulfonamides is 1. The average molecular weight is 375 g/mol. The highest BCUT2D eigenvalue weighted by atomic mass is 79.9. The van der Waals surface area contributed by atoms with Crippen molar-refractivity contribution >= 4 is 31.9 Å². The zero-order valence-electron chi connectivity index (χ0n) is 11.9. The number of halogens is 1. The summed E-state index contributed by atoms with van der Waals surface area (Å²) in [5.74, 6) is -0.327. The lowest BCUT2D eigenvalue weighted by atomic mass is 9.99. The summed E-state index contributed by atoms with van der Waals surface area (Å²) in [6.45, 7) is 3.13. The Kier molecular flexibility index (Phi) is 5.40. The molecule has 0 bridgehead atoms.